The van der Waals surface area contributed by atoms with Crippen molar-refractivity contribution in [3.63, 3.8) is 0 Å². The van der Waals surface area contributed by atoms with Crippen LogP contribution in [0.15, 0.2) is 73.6 Å². The highest BCUT2D eigenvalue weighted by atomic mass is 16.5. The van der Waals surface area contributed by atoms with Gasteiger partial charge in [0.2, 0.25) is 0 Å². The summed E-state index contributed by atoms with van der Waals surface area (Å²) in [6, 6.07) is 17.9. The molecule has 5 rings (SSSR count). The summed E-state index contributed by atoms with van der Waals surface area (Å²) >= 11 is 0. The van der Waals surface area contributed by atoms with Crippen molar-refractivity contribution in [3.05, 3.63) is 73.6 Å². The van der Waals surface area contributed by atoms with Gasteiger partial charge in [-0.05, 0) is 55.8 Å². The highest BCUT2D eigenvalue weighted by Gasteiger charge is 2.26. The van der Waals surface area contributed by atoms with Crippen molar-refractivity contribution < 1.29 is 4.74 Å². The third kappa shape index (κ3) is 3.94. The molecule has 2 N–H and O–H groups in total. The Bertz CT molecular complexity index is 1220. The van der Waals surface area contributed by atoms with Crippen LogP contribution in [-0.4, -0.2) is 44.3 Å². The van der Waals surface area contributed by atoms with Crippen molar-refractivity contribution >= 4 is 16.9 Å². The fourth-order valence-electron chi connectivity index (χ4n) is 4.34. The molecule has 3 heterocycles. The SMILES string of the molecule is C=CCN1CCCC(n2nc(-c3ccc(Oc4ccccc4)cc3)c3c(N)ncnc32)C1. The van der Waals surface area contributed by atoms with E-state index >= 15 is 0 Å². The van der Waals surface area contributed by atoms with E-state index in [9.17, 15) is 0 Å². The fraction of sp³-hybridized carbons (Fsp3) is 0.240. The number of fused-ring (bicyclic) bond motifs is 1. The highest BCUT2D eigenvalue weighted by molar-refractivity contribution is 5.98. The number of nitrogen functional groups attached to an aromatic ring is 1. The fourth-order valence-corrected chi connectivity index (χ4v) is 4.34. The number of hydrogen-bond acceptors (Lipinski definition) is 6. The standard InChI is InChI=1S/C25H26N6O/c1-2-14-30-15-6-7-19(16-30)31-25-22(24(26)27-17-28-25)23(29-31)18-10-12-21(13-11-18)32-20-8-4-3-5-9-20/h2-5,8-13,17,19H,1,6-7,14-16H2,(H2,26,27,28). The third-order valence-corrected chi connectivity index (χ3v) is 5.84. The van der Waals surface area contributed by atoms with Crippen LogP contribution in [0.1, 0.15) is 18.9 Å². The molecule has 1 aliphatic rings. The van der Waals surface area contributed by atoms with E-state index in [1.807, 2.05) is 65.4 Å². The van der Waals surface area contributed by atoms with Gasteiger partial charge in [-0.15, -0.1) is 6.58 Å². The first-order valence-electron chi connectivity index (χ1n) is 10.9. The van der Waals surface area contributed by atoms with Gasteiger partial charge in [0.05, 0.1) is 11.4 Å². The Morgan fingerprint density at radius 1 is 1.06 bits per heavy atom. The maximum atomic E-state index is 6.29. The van der Waals surface area contributed by atoms with Crippen LogP contribution in [0.3, 0.4) is 0 Å². The van der Waals surface area contributed by atoms with Crippen LogP contribution in [-0.2, 0) is 0 Å². The number of benzene rings is 2. The first-order valence-corrected chi connectivity index (χ1v) is 10.9. The van der Waals surface area contributed by atoms with Crippen molar-refractivity contribution in [2.45, 2.75) is 18.9 Å². The molecule has 2 aromatic carbocycles. The van der Waals surface area contributed by atoms with Gasteiger partial charge < -0.3 is 10.5 Å². The lowest BCUT2D eigenvalue weighted by Gasteiger charge is -2.32. The first-order chi connectivity index (χ1) is 15.7. The van der Waals surface area contributed by atoms with Crippen LogP contribution in [0, 0.1) is 0 Å². The number of ether oxygens (including phenoxy) is 1. The molecule has 0 aliphatic carbocycles. The smallest absolute Gasteiger partial charge is 0.164 e. The summed E-state index contributed by atoms with van der Waals surface area (Å²) in [5.41, 5.74) is 8.82. The molecule has 2 aromatic heterocycles. The number of nitrogens with zero attached hydrogens (tertiary/aromatic N) is 5. The van der Waals surface area contributed by atoms with E-state index in [1.54, 1.807) is 0 Å². The summed E-state index contributed by atoms with van der Waals surface area (Å²) in [5.74, 6) is 2.01. The topological polar surface area (TPSA) is 82.1 Å². The molecular weight excluding hydrogens is 400 g/mol. The van der Waals surface area contributed by atoms with E-state index in [4.69, 9.17) is 15.6 Å². The molecule has 1 saturated heterocycles. The Labute approximate surface area is 187 Å². The zero-order valence-electron chi connectivity index (χ0n) is 17.9. The average Bonchev–Trinajstić information content (AvgIpc) is 3.22. The molecule has 0 bridgehead atoms. The number of likely N-dealkylation sites (tertiary alicyclic amines) is 1. The molecule has 1 atom stereocenters. The van der Waals surface area contributed by atoms with Crippen molar-refractivity contribution in [3.8, 4) is 22.8 Å². The highest BCUT2D eigenvalue weighted by Crippen LogP contribution is 2.34. The van der Waals surface area contributed by atoms with E-state index in [0.29, 0.717) is 5.82 Å². The van der Waals surface area contributed by atoms with Gasteiger partial charge in [-0.1, -0.05) is 24.3 Å². The molecule has 32 heavy (non-hydrogen) atoms. The van der Waals surface area contributed by atoms with E-state index in [2.05, 4.69) is 21.4 Å². The maximum absolute atomic E-state index is 6.29. The lowest BCUT2D eigenvalue weighted by Crippen LogP contribution is -2.37. The molecule has 0 saturated carbocycles. The molecule has 0 amide bonds. The molecule has 1 unspecified atom stereocenters. The second kappa shape index (κ2) is 8.80. The van der Waals surface area contributed by atoms with Gasteiger partial charge >= 0.3 is 0 Å². The van der Waals surface area contributed by atoms with Crippen LogP contribution in [0.2, 0.25) is 0 Å². The molecular formula is C25H26N6O. The van der Waals surface area contributed by atoms with Crippen molar-refractivity contribution in [1.82, 2.24) is 24.6 Å². The minimum atomic E-state index is 0.231. The summed E-state index contributed by atoms with van der Waals surface area (Å²) < 4.78 is 7.96. The van der Waals surface area contributed by atoms with Gasteiger partial charge in [-0.25, -0.2) is 14.6 Å². The van der Waals surface area contributed by atoms with E-state index in [1.165, 1.54) is 6.33 Å². The molecule has 0 radical (unpaired) electrons. The zero-order valence-corrected chi connectivity index (χ0v) is 17.9. The number of piperidine rings is 1. The van der Waals surface area contributed by atoms with Gasteiger partial charge in [-0.2, -0.15) is 5.10 Å². The zero-order chi connectivity index (χ0) is 21.9. The van der Waals surface area contributed by atoms with E-state index in [-0.39, 0.29) is 6.04 Å². The Balaban J connectivity index is 1.50. The Morgan fingerprint density at radius 3 is 2.62 bits per heavy atom. The summed E-state index contributed by atoms with van der Waals surface area (Å²) in [5, 5.41) is 5.79. The molecule has 7 nitrogen and oxygen atoms in total. The summed E-state index contributed by atoms with van der Waals surface area (Å²) in [7, 11) is 0. The van der Waals surface area contributed by atoms with Crippen molar-refractivity contribution in [2.75, 3.05) is 25.4 Å². The van der Waals surface area contributed by atoms with Crippen LogP contribution in [0.4, 0.5) is 5.82 Å². The lowest BCUT2D eigenvalue weighted by atomic mass is 10.1. The summed E-state index contributed by atoms with van der Waals surface area (Å²) in [6.07, 6.45) is 5.63. The third-order valence-electron chi connectivity index (χ3n) is 5.84. The minimum Gasteiger partial charge on any atom is -0.457 e. The lowest BCUT2D eigenvalue weighted by molar-refractivity contribution is 0.188. The molecule has 7 heteroatoms. The molecule has 1 aliphatic heterocycles. The number of rotatable bonds is 6. The second-order valence-corrected chi connectivity index (χ2v) is 8.03. The first kappa shape index (κ1) is 20.2. The van der Waals surface area contributed by atoms with Crippen molar-refractivity contribution in [2.24, 2.45) is 0 Å². The number of nitrogens with two attached hydrogens (primary N) is 1. The molecule has 1 fully saturated rings. The van der Waals surface area contributed by atoms with E-state index in [0.717, 1.165) is 66.3 Å². The largest absolute Gasteiger partial charge is 0.457 e. The second-order valence-electron chi connectivity index (χ2n) is 8.03. The van der Waals surface area contributed by atoms with Crippen molar-refractivity contribution in [1.29, 1.82) is 0 Å². The number of para-hydroxylation sites is 1. The van der Waals surface area contributed by atoms with Gasteiger partial charge in [0, 0.05) is 18.7 Å². The summed E-state index contributed by atoms with van der Waals surface area (Å²) in [4.78, 5) is 11.2. The Hall–Kier alpha value is -3.71. The summed E-state index contributed by atoms with van der Waals surface area (Å²) in [6.45, 7) is 6.75. The maximum Gasteiger partial charge on any atom is 0.164 e. The minimum absolute atomic E-state index is 0.231. The predicted octanol–water partition coefficient (Wildman–Crippen LogP) is 4.69. The van der Waals surface area contributed by atoms with Gasteiger partial charge in [-0.3, -0.25) is 4.90 Å². The number of anilines is 1. The quantitative estimate of drug-likeness (QED) is 0.451. The average molecular weight is 427 g/mol. The van der Waals surface area contributed by atoms with Gasteiger partial charge in [0.15, 0.2) is 5.65 Å². The number of aromatic nitrogens is 4. The normalized spacial score (nSPS) is 16.8. The van der Waals surface area contributed by atoms with Crippen LogP contribution >= 0.6 is 0 Å². The Kier molecular flexibility index (Phi) is 5.56. The number of hydrogen-bond donors (Lipinski definition) is 1. The molecule has 162 valence electrons. The van der Waals surface area contributed by atoms with Crippen LogP contribution < -0.4 is 10.5 Å². The van der Waals surface area contributed by atoms with Crippen LogP contribution in [0.25, 0.3) is 22.3 Å². The predicted molar refractivity (Wildman–Crippen MR) is 127 cm³/mol. The van der Waals surface area contributed by atoms with E-state index < -0.39 is 0 Å². The monoisotopic (exact) mass is 426 g/mol. The van der Waals surface area contributed by atoms with Gasteiger partial charge in [0.25, 0.3) is 0 Å². The molecule has 4 aromatic rings. The van der Waals surface area contributed by atoms with Crippen LogP contribution in [0.5, 0.6) is 11.5 Å². The molecule has 0 spiro atoms. The Morgan fingerprint density at radius 2 is 1.84 bits per heavy atom. The van der Waals surface area contributed by atoms with Gasteiger partial charge in [0.1, 0.15) is 29.3 Å².